The summed E-state index contributed by atoms with van der Waals surface area (Å²) >= 11 is 0. The molecule has 0 aliphatic rings. The zero-order valence-electron chi connectivity index (χ0n) is 20.3. The number of anilines is 2. The molecule has 9 heteroatoms. The van der Waals surface area contributed by atoms with Gasteiger partial charge in [-0.3, -0.25) is 19.5 Å². The molecule has 4 N–H and O–H groups in total. The van der Waals surface area contributed by atoms with Crippen molar-refractivity contribution in [2.45, 2.75) is 20.4 Å². The van der Waals surface area contributed by atoms with E-state index in [1.165, 1.54) is 6.33 Å². The number of nitrogens with two attached hydrogens (primary N) is 1. The van der Waals surface area contributed by atoms with E-state index in [0.717, 1.165) is 27.9 Å². The van der Waals surface area contributed by atoms with Crippen molar-refractivity contribution in [1.29, 1.82) is 5.41 Å². The molecule has 0 unspecified atom stereocenters. The van der Waals surface area contributed by atoms with Crippen molar-refractivity contribution in [3.05, 3.63) is 106 Å². The number of hydrogen-bond donors (Lipinski definition) is 3. The number of para-hydroxylation sites is 1. The molecule has 0 aliphatic heterocycles. The highest BCUT2D eigenvalue weighted by atomic mass is 16.1. The van der Waals surface area contributed by atoms with E-state index in [0.29, 0.717) is 22.3 Å². The maximum Gasteiger partial charge on any atom is 0.263 e. The van der Waals surface area contributed by atoms with E-state index in [1.54, 1.807) is 28.7 Å². The molecule has 0 saturated carbocycles. The van der Waals surface area contributed by atoms with E-state index in [1.807, 2.05) is 62.4 Å². The van der Waals surface area contributed by atoms with Crippen molar-refractivity contribution in [2.75, 3.05) is 11.1 Å². The lowest BCUT2D eigenvalue weighted by Gasteiger charge is -2.19. The van der Waals surface area contributed by atoms with Gasteiger partial charge in [0, 0.05) is 24.5 Å². The molecule has 3 heterocycles. The number of pyridine rings is 1. The molecule has 0 radical (unpaired) electrons. The minimum absolute atomic E-state index is 0.0813. The monoisotopic (exact) mass is 478 g/mol. The van der Waals surface area contributed by atoms with Crippen LogP contribution in [0, 0.1) is 19.3 Å². The van der Waals surface area contributed by atoms with Crippen LogP contribution in [0.15, 0.2) is 72.0 Å². The first-order valence-corrected chi connectivity index (χ1v) is 11.5. The number of hydrogen-bond acceptors (Lipinski definition) is 7. The van der Waals surface area contributed by atoms with Crippen LogP contribution in [0.1, 0.15) is 27.9 Å². The highest BCUT2D eigenvalue weighted by Gasteiger charge is 2.19. The Hall–Kier alpha value is -4.79. The van der Waals surface area contributed by atoms with Gasteiger partial charge < -0.3 is 11.1 Å². The Morgan fingerprint density at radius 3 is 2.61 bits per heavy atom. The van der Waals surface area contributed by atoms with Gasteiger partial charge in [-0.25, -0.2) is 9.97 Å². The zero-order valence-corrected chi connectivity index (χ0v) is 20.3. The molecule has 2 aromatic carbocycles. The summed E-state index contributed by atoms with van der Waals surface area (Å²) in [6, 6.07) is 15.7. The summed E-state index contributed by atoms with van der Waals surface area (Å²) in [6.45, 7) is 4.21. The van der Waals surface area contributed by atoms with Crippen LogP contribution in [0.3, 0.4) is 0 Å². The Balaban J connectivity index is 1.62. The first-order chi connectivity index (χ1) is 17.3. The molecule has 0 spiro atoms. The molecule has 3 aromatic heterocycles. The van der Waals surface area contributed by atoms with Crippen molar-refractivity contribution in [1.82, 2.24) is 24.3 Å². The van der Waals surface area contributed by atoms with Crippen LogP contribution in [0.5, 0.6) is 0 Å². The Morgan fingerprint density at radius 2 is 1.86 bits per heavy atom. The molecule has 0 aliphatic carbocycles. The topological polar surface area (TPSA) is 128 Å². The van der Waals surface area contributed by atoms with Crippen LogP contribution >= 0.6 is 0 Å². The summed E-state index contributed by atoms with van der Waals surface area (Å²) in [7, 11) is 1.78. The van der Waals surface area contributed by atoms with Gasteiger partial charge in [-0.2, -0.15) is 5.10 Å². The first-order valence-electron chi connectivity index (χ1n) is 11.5. The van der Waals surface area contributed by atoms with E-state index in [4.69, 9.17) is 11.1 Å². The normalized spacial score (nSPS) is 11.1. The summed E-state index contributed by atoms with van der Waals surface area (Å²) in [5.74, 6) is 0.594. The largest absolute Gasteiger partial charge is 0.383 e. The second-order valence-corrected chi connectivity index (χ2v) is 8.72. The van der Waals surface area contributed by atoms with E-state index in [2.05, 4.69) is 20.4 Å². The smallest absolute Gasteiger partial charge is 0.263 e. The Morgan fingerprint density at radius 1 is 1.08 bits per heavy atom. The lowest BCUT2D eigenvalue weighted by molar-refractivity contribution is 0.767. The minimum Gasteiger partial charge on any atom is -0.383 e. The molecule has 36 heavy (non-hydrogen) atoms. The number of aryl methyl sites for hydroxylation is 3. The SMILES string of the molecule is Cc1ccccc1-n1c(CNc2ncnc(N)c2C(=N)c2cnn(C)c2)cc2cccc(C)c2c1=O. The molecule has 0 saturated heterocycles. The Kier molecular flexibility index (Phi) is 5.81. The van der Waals surface area contributed by atoms with Crippen molar-refractivity contribution in [3.63, 3.8) is 0 Å². The number of benzene rings is 2. The summed E-state index contributed by atoms with van der Waals surface area (Å²) in [5.41, 5.74) is 10.7. The van der Waals surface area contributed by atoms with Crippen molar-refractivity contribution in [2.24, 2.45) is 7.05 Å². The van der Waals surface area contributed by atoms with Crippen molar-refractivity contribution < 1.29 is 0 Å². The maximum absolute atomic E-state index is 13.8. The zero-order chi connectivity index (χ0) is 25.4. The van der Waals surface area contributed by atoms with Gasteiger partial charge in [0.15, 0.2) is 0 Å². The van der Waals surface area contributed by atoms with Crippen molar-refractivity contribution in [3.8, 4) is 5.69 Å². The molecular formula is C27H26N8O. The predicted molar refractivity (Wildman–Crippen MR) is 142 cm³/mol. The van der Waals surface area contributed by atoms with E-state index < -0.39 is 0 Å². The molecular weight excluding hydrogens is 452 g/mol. The van der Waals surface area contributed by atoms with Gasteiger partial charge in [0.1, 0.15) is 18.0 Å². The molecule has 0 atom stereocenters. The summed E-state index contributed by atoms with van der Waals surface area (Å²) < 4.78 is 3.36. The first kappa shape index (κ1) is 23.0. The predicted octanol–water partition coefficient (Wildman–Crippen LogP) is 3.74. The highest BCUT2D eigenvalue weighted by molar-refractivity contribution is 6.16. The number of nitrogen functional groups attached to an aromatic ring is 1. The molecule has 0 bridgehead atoms. The third-order valence-electron chi connectivity index (χ3n) is 6.24. The minimum atomic E-state index is -0.0813. The van der Waals surface area contributed by atoms with Crippen LogP contribution in [0.4, 0.5) is 11.6 Å². The van der Waals surface area contributed by atoms with Crippen LogP contribution in [-0.4, -0.2) is 30.0 Å². The van der Waals surface area contributed by atoms with Crippen LogP contribution in [0.25, 0.3) is 16.5 Å². The Bertz CT molecular complexity index is 1680. The average molecular weight is 479 g/mol. The second kappa shape index (κ2) is 9.10. The molecule has 9 nitrogen and oxygen atoms in total. The van der Waals surface area contributed by atoms with Crippen LogP contribution < -0.4 is 16.6 Å². The highest BCUT2D eigenvalue weighted by Crippen LogP contribution is 2.24. The summed E-state index contributed by atoms with van der Waals surface area (Å²) in [4.78, 5) is 22.3. The summed E-state index contributed by atoms with van der Waals surface area (Å²) in [6.07, 6.45) is 4.69. The van der Waals surface area contributed by atoms with E-state index in [-0.39, 0.29) is 23.6 Å². The Labute approximate surface area is 207 Å². The molecule has 180 valence electrons. The third-order valence-corrected chi connectivity index (χ3v) is 6.24. The fraction of sp³-hybridized carbons (Fsp3) is 0.148. The van der Waals surface area contributed by atoms with Gasteiger partial charge in [-0.05, 0) is 42.5 Å². The van der Waals surface area contributed by atoms with Gasteiger partial charge in [0.2, 0.25) is 0 Å². The number of rotatable bonds is 6. The lowest BCUT2D eigenvalue weighted by Crippen LogP contribution is -2.25. The van der Waals surface area contributed by atoms with Gasteiger partial charge >= 0.3 is 0 Å². The molecule has 0 amide bonds. The molecule has 5 rings (SSSR count). The lowest BCUT2D eigenvalue weighted by atomic mass is 10.0. The van der Waals surface area contributed by atoms with E-state index in [9.17, 15) is 4.79 Å². The van der Waals surface area contributed by atoms with E-state index >= 15 is 0 Å². The fourth-order valence-electron chi connectivity index (χ4n) is 4.45. The number of nitrogens with zero attached hydrogens (tertiary/aromatic N) is 5. The number of aromatic nitrogens is 5. The van der Waals surface area contributed by atoms with Gasteiger partial charge in [-0.1, -0.05) is 36.4 Å². The quantitative estimate of drug-likeness (QED) is 0.319. The summed E-state index contributed by atoms with van der Waals surface area (Å²) in [5, 5.41) is 17.7. The van der Waals surface area contributed by atoms with Gasteiger partial charge in [-0.15, -0.1) is 0 Å². The number of nitrogens with one attached hydrogen (secondary N) is 2. The number of fused-ring (bicyclic) bond motifs is 1. The standard InChI is InChI=1S/C27H26N8O/c1-16-7-4-5-10-21(16)35-20(11-18-9-6-8-17(2)22(18)27(35)36)13-30-26-23(25(29)31-15-32-26)24(28)19-12-33-34(3)14-19/h4-12,14-15,28H,13H2,1-3H3,(H3,29,30,31,32). The second-order valence-electron chi connectivity index (χ2n) is 8.72. The van der Waals surface area contributed by atoms with Crippen LogP contribution in [-0.2, 0) is 13.6 Å². The van der Waals surface area contributed by atoms with Gasteiger partial charge in [0.05, 0.1) is 35.1 Å². The third kappa shape index (κ3) is 4.00. The van der Waals surface area contributed by atoms with Crippen molar-refractivity contribution >= 4 is 28.1 Å². The van der Waals surface area contributed by atoms with Crippen LogP contribution in [0.2, 0.25) is 0 Å². The van der Waals surface area contributed by atoms with Gasteiger partial charge in [0.25, 0.3) is 5.56 Å². The molecule has 5 aromatic rings. The fourth-order valence-corrected chi connectivity index (χ4v) is 4.45. The molecule has 0 fully saturated rings. The maximum atomic E-state index is 13.8. The average Bonchev–Trinajstić information content (AvgIpc) is 3.29.